The van der Waals surface area contributed by atoms with Crippen LogP contribution in [0.1, 0.15) is 108 Å². The van der Waals surface area contributed by atoms with Crippen molar-refractivity contribution in [2.45, 2.75) is 90.8 Å². The molecular formula is C33H38N4O7. The van der Waals surface area contributed by atoms with E-state index < -0.39 is 29.8 Å². The Kier molecular flexibility index (Phi) is 9.76. The molecule has 0 aromatic heterocycles. The van der Waals surface area contributed by atoms with Crippen molar-refractivity contribution in [2.24, 2.45) is 0 Å². The third kappa shape index (κ3) is 6.46. The molecule has 11 heteroatoms. The van der Waals surface area contributed by atoms with Crippen molar-refractivity contribution in [3.05, 3.63) is 69.8 Å². The number of nitrogens with one attached hydrogen (secondary N) is 2. The van der Waals surface area contributed by atoms with Crippen LogP contribution in [0.3, 0.4) is 0 Å². The van der Waals surface area contributed by atoms with Gasteiger partial charge in [0.15, 0.2) is 0 Å². The predicted molar refractivity (Wildman–Crippen MR) is 160 cm³/mol. The first kappa shape index (κ1) is 32.2. The second kappa shape index (κ2) is 13.3. The van der Waals surface area contributed by atoms with Gasteiger partial charge in [0.2, 0.25) is 30.0 Å². The highest BCUT2D eigenvalue weighted by Gasteiger charge is 2.45. The maximum absolute atomic E-state index is 12.7. The molecule has 3 heterocycles. The molecule has 0 bridgehead atoms. The zero-order chi connectivity index (χ0) is 32.3. The van der Waals surface area contributed by atoms with Crippen molar-refractivity contribution < 1.29 is 33.6 Å². The minimum atomic E-state index is -0.912. The SMILES string of the molecule is CC(C)c1cccc2c1C(=O)N(C1CCC(=O)NC1=O)C2=O.Cc1cccc(C(C)C)c1CN(C=O)C1CCC(=O)NC1=O. The number of piperidine rings is 2. The maximum Gasteiger partial charge on any atom is 0.262 e. The summed E-state index contributed by atoms with van der Waals surface area (Å²) < 4.78 is 0. The molecule has 2 aromatic carbocycles. The Hall–Kier alpha value is -4.67. The van der Waals surface area contributed by atoms with Gasteiger partial charge in [-0.3, -0.25) is 49.1 Å². The molecular weight excluding hydrogens is 564 g/mol. The topological polar surface area (TPSA) is 150 Å². The number of carbonyl (C=O) groups is 7. The molecule has 5 rings (SSSR count). The normalized spacial score (nSPS) is 19.8. The summed E-state index contributed by atoms with van der Waals surface area (Å²) >= 11 is 0. The van der Waals surface area contributed by atoms with E-state index in [9.17, 15) is 33.6 Å². The molecule has 2 N–H and O–H groups in total. The van der Waals surface area contributed by atoms with E-state index in [0.717, 1.165) is 21.6 Å². The second-order valence-corrected chi connectivity index (χ2v) is 11.9. The number of carbonyl (C=O) groups excluding carboxylic acids is 7. The molecule has 2 atom stereocenters. The van der Waals surface area contributed by atoms with Crippen LogP contribution in [0.15, 0.2) is 36.4 Å². The van der Waals surface area contributed by atoms with Crippen molar-refractivity contribution in [1.82, 2.24) is 20.4 Å². The van der Waals surface area contributed by atoms with E-state index in [1.807, 2.05) is 39.0 Å². The van der Waals surface area contributed by atoms with Gasteiger partial charge in [-0.05, 0) is 59.9 Å². The number of amides is 7. The average Bonchev–Trinajstić information content (AvgIpc) is 3.22. The summed E-state index contributed by atoms with van der Waals surface area (Å²) in [4.78, 5) is 85.7. The fraction of sp³-hybridized carbons (Fsp3) is 0.424. The molecule has 2 unspecified atom stereocenters. The maximum atomic E-state index is 12.7. The summed E-state index contributed by atoms with van der Waals surface area (Å²) in [6, 6.07) is 9.75. The number of rotatable bonds is 7. The van der Waals surface area contributed by atoms with Crippen LogP contribution in [0, 0.1) is 6.92 Å². The summed E-state index contributed by atoms with van der Waals surface area (Å²) in [6.45, 7) is 10.5. The molecule has 2 aromatic rings. The van der Waals surface area contributed by atoms with Gasteiger partial charge in [0.25, 0.3) is 11.8 Å². The number of fused-ring (bicyclic) bond motifs is 1. The first-order valence-corrected chi connectivity index (χ1v) is 14.8. The van der Waals surface area contributed by atoms with Gasteiger partial charge in [0, 0.05) is 19.4 Å². The van der Waals surface area contributed by atoms with Gasteiger partial charge >= 0.3 is 0 Å². The van der Waals surface area contributed by atoms with E-state index in [1.54, 1.807) is 12.1 Å². The third-order valence-electron chi connectivity index (χ3n) is 8.28. The number of benzene rings is 2. The Labute approximate surface area is 256 Å². The highest BCUT2D eigenvalue weighted by atomic mass is 16.2. The summed E-state index contributed by atoms with van der Waals surface area (Å²) in [7, 11) is 0. The lowest BCUT2D eigenvalue weighted by Gasteiger charge is -2.31. The Morgan fingerprint density at radius 2 is 1.41 bits per heavy atom. The van der Waals surface area contributed by atoms with E-state index in [0.29, 0.717) is 36.4 Å². The molecule has 7 amide bonds. The quantitative estimate of drug-likeness (QED) is 0.365. The number of nitrogens with zero attached hydrogens (tertiary/aromatic N) is 2. The number of hydrogen-bond donors (Lipinski definition) is 2. The number of imide groups is 3. The Bertz CT molecular complexity index is 1530. The first-order chi connectivity index (χ1) is 20.8. The predicted octanol–water partition coefficient (Wildman–Crippen LogP) is 3.09. The highest BCUT2D eigenvalue weighted by Crippen LogP contribution is 2.33. The summed E-state index contributed by atoms with van der Waals surface area (Å²) in [6.07, 6.45) is 1.66. The smallest absolute Gasteiger partial charge is 0.262 e. The van der Waals surface area contributed by atoms with E-state index >= 15 is 0 Å². The largest absolute Gasteiger partial charge is 0.329 e. The second-order valence-electron chi connectivity index (χ2n) is 11.9. The molecule has 11 nitrogen and oxygen atoms in total. The van der Waals surface area contributed by atoms with Crippen molar-refractivity contribution in [3.8, 4) is 0 Å². The van der Waals surface area contributed by atoms with Gasteiger partial charge < -0.3 is 4.90 Å². The van der Waals surface area contributed by atoms with Gasteiger partial charge in [-0.2, -0.15) is 0 Å². The molecule has 0 saturated carbocycles. The number of aryl methyl sites for hydroxylation is 1. The minimum Gasteiger partial charge on any atom is -0.329 e. The monoisotopic (exact) mass is 602 g/mol. The zero-order valence-electron chi connectivity index (χ0n) is 25.6. The average molecular weight is 603 g/mol. The fourth-order valence-electron chi connectivity index (χ4n) is 5.91. The van der Waals surface area contributed by atoms with Crippen LogP contribution in [0.2, 0.25) is 0 Å². The van der Waals surface area contributed by atoms with Crippen molar-refractivity contribution in [3.63, 3.8) is 0 Å². The number of hydrogen-bond acceptors (Lipinski definition) is 7. The van der Waals surface area contributed by atoms with Gasteiger partial charge in [0.1, 0.15) is 12.1 Å². The van der Waals surface area contributed by atoms with E-state index in [1.165, 1.54) is 10.5 Å². The molecule has 0 aliphatic carbocycles. The van der Waals surface area contributed by atoms with Crippen LogP contribution >= 0.6 is 0 Å². The van der Waals surface area contributed by atoms with Crippen molar-refractivity contribution >= 4 is 41.9 Å². The third-order valence-corrected chi connectivity index (χ3v) is 8.28. The molecule has 2 saturated heterocycles. The molecule has 2 fully saturated rings. The molecule has 3 aliphatic heterocycles. The van der Waals surface area contributed by atoms with Crippen molar-refractivity contribution in [1.29, 1.82) is 0 Å². The highest BCUT2D eigenvalue weighted by molar-refractivity contribution is 6.24. The molecule has 232 valence electrons. The molecule has 3 aliphatic rings. The van der Waals surface area contributed by atoms with E-state index in [4.69, 9.17) is 0 Å². The van der Waals surface area contributed by atoms with Gasteiger partial charge in [0.05, 0.1) is 11.1 Å². The Morgan fingerprint density at radius 1 is 0.818 bits per heavy atom. The summed E-state index contributed by atoms with van der Waals surface area (Å²) in [5.74, 6) is -2.10. The Morgan fingerprint density at radius 3 is 2.00 bits per heavy atom. The summed E-state index contributed by atoms with van der Waals surface area (Å²) in [5, 5.41) is 4.49. The van der Waals surface area contributed by atoms with Crippen LogP contribution in [0.4, 0.5) is 0 Å². The molecule has 0 spiro atoms. The minimum absolute atomic E-state index is 0.0911. The van der Waals surface area contributed by atoms with Crippen LogP contribution in [0.5, 0.6) is 0 Å². The van der Waals surface area contributed by atoms with E-state index in [-0.39, 0.29) is 42.9 Å². The lowest BCUT2D eigenvalue weighted by atomic mass is 9.93. The zero-order valence-corrected chi connectivity index (χ0v) is 25.6. The van der Waals surface area contributed by atoms with Gasteiger partial charge in [-0.15, -0.1) is 0 Å². The van der Waals surface area contributed by atoms with Crippen LogP contribution in [-0.2, 0) is 30.5 Å². The van der Waals surface area contributed by atoms with E-state index in [2.05, 4.69) is 30.5 Å². The molecule has 0 radical (unpaired) electrons. The van der Waals surface area contributed by atoms with Gasteiger partial charge in [-0.1, -0.05) is 58.0 Å². The fourth-order valence-corrected chi connectivity index (χ4v) is 5.91. The molecule has 44 heavy (non-hydrogen) atoms. The lowest BCUT2D eigenvalue weighted by Crippen LogP contribution is -2.54. The van der Waals surface area contributed by atoms with Crippen LogP contribution < -0.4 is 10.6 Å². The summed E-state index contributed by atoms with van der Waals surface area (Å²) in [5.41, 5.74) is 4.87. The lowest BCUT2D eigenvalue weighted by molar-refractivity contribution is -0.141. The standard InChI is InChI=1S/C17H22N2O3.C16H16N2O4/c1-11(2)13-6-4-5-12(3)14(13)9-19(10-20)15-7-8-16(21)18-17(15)22;1-8(2)9-4-3-5-10-13(9)16(22)18(15(10)21)11-6-7-12(19)17-14(11)20/h4-6,10-11,15H,7-9H2,1-3H3,(H,18,21,22);3-5,8,11H,6-7H2,1-2H3,(H,17,19,20). The van der Waals surface area contributed by atoms with Gasteiger partial charge in [-0.25, -0.2) is 0 Å². The van der Waals surface area contributed by atoms with Crippen LogP contribution in [-0.4, -0.2) is 63.7 Å². The first-order valence-electron chi connectivity index (χ1n) is 14.8. The Balaban J connectivity index is 0.000000201. The van der Waals surface area contributed by atoms with Crippen LogP contribution in [0.25, 0.3) is 0 Å². The van der Waals surface area contributed by atoms with Crippen molar-refractivity contribution in [2.75, 3.05) is 0 Å².